The van der Waals surface area contributed by atoms with Crippen LogP contribution in [0.1, 0.15) is 5.82 Å². The zero-order valence-corrected chi connectivity index (χ0v) is 12.2. The molecule has 0 atom stereocenters. The van der Waals surface area contributed by atoms with Gasteiger partial charge in [0.1, 0.15) is 11.6 Å². The molecule has 0 aliphatic heterocycles. The number of hydrogen-bond donors (Lipinski definition) is 1. The van der Waals surface area contributed by atoms with Crippen LogP contribution in [0.2, 0.25) is 0 Å². The van der Waals surface area contributed by atoms with Crippen molar-refractivity contribution in [3.63, 3.8) is 0 Å². The second kappa shape index (κ2) is 5.50. The van der Waals surface area contributed by atoms with Crippen LogP contribution in [0.15, 0.2) is 41.4 Å². The van der Waals surface area contributed by atoms with Crippen LogP contribution in [0.3, 0.4) is 0 Å². The van der Waals surface area contributed by atoms with Crippen LogP contribution in [0, 0.1) is 0 Å². The van der Waals surface area contributed by atoms with E-state index >= 15 is 0 Å². The summed E-state index contributed by atoms with van der Waals surface area (Å²) in [6, 6.07) is 10.3. The molecule has 0 saturated heterocycles. The van der Waals surface area contributed by atoms with Gasteiger partial charge in [-0.15, -0.1) is 11.8 Å². The van der Waals surface area contributed by atoms with Crippen molar-refractivity contribution < 1.29 is 0 Å². The number of hydrogen-bond acceptors (Lipinski definition) is 5. The van der Waals surface area contributed by atoms with Gasteiger partial charge < -0.3 is 5.32 Å². The fourth-order valence-electron chi connectivity index (χ4n) is 1.99. The van der Waals surface area contributed by atoms with Crippen molar-refractivity contribution >= 4 is 28.6 Å². The molecule has 0 radical (unpaired) electrons. The van der Waals surface area contributed by atoms with Crippen LogP contribution in [0.5, 0.6) is 0 Å². The Labute approximate surface area is 121 Å². The number of nitrogens with one attached hydrogen (secondary N) is 1. The molecule has 0 bridgehead atoms. The first-order valence-electron chi connectivity index (χ1n) is 6.32. The van der Waals surface area contributed by atoms with Crippen molar-refractivity contribution in [3.05, 3.63) is 42.4 Å². The normalized spacial score (nSPS) is 10.9. The third kappa shape index (κ3) is 2.46. The summed E-state index contributed by atoms with van der Waals surface area (Å²) >= 11 is 1.73. The molecule has 5 nitrogen and oxygen atoms in total. The van der Waals surface area contributed by atoms with E-state index in [0.29, 0.717) is 0 Å². The summed E-state index contributed by atoms with van der Waals surface area (Å²) < 4.78 is 1.77. The van der Waals surface area contributed by atoms with E-state index in [4.69, 9.17) is 0 Å². The average molecular weight is 285 g/mol. The van der Waals surface area contributed by atoms with Gasteiger partial charge in [-0.2, -0.15) is 5.10 Å². The van der Waals surface area contributed by atoms with E-state index in [0.717, 1.165) is 28.4 Å². The Hall–Kier alpha value is -2.08. The Balaban J connectivity index is 1.89. The summed E-state index contributed by atoms with van der Waals surface area (Å²) in [4.78, 5) is 10.4. The number of benzene rings is 1. The van der Waals surface area contributed by atoms with Crippen LogP contribution in [0.4, 0.5) is 5.82 Å². The van der Waals surface area contributed by atoms with Gasteiger partial charge in [0.25, 0.3) is 0 Å². The summed E-state index contributed by atoms with van der Waals surface area (Å²) in [5.41, 5.74) is 0.855. The number of aromatic nitrogens is 4. The van der Waals surface area contributed by atoms with E-state index in [1.165, 1.54) is 4.90 Å². The second-order valence-electron chi connectivity index (χ2n) is 4.35. The van der Waals surface area contributed by atoms with Crippen LogP contribution in [-0.2, 0) is 12.8 Å². The Bertz CT molecular complexity index is 723. The monoisotopic (exact) mass is 285 g/mol. The van der Waals surface area contributed by atoms with Gasteiger partial charge in [0, 0.05) is 19.0 Å². The molecule has 1 N–H and O–H groups in total. The minimum atomic E-state index is 0.736. The quantitative estimate of drug-likeness (QED) is 0.747. The van der Waals surface area contributed by atoms with Crippen LogP contribution in [0.25, 0.3) is 11.0 Å². The lowest BCUT2D eigenvalue weighted by Crippen LogP contribution is -2.02. The molecule has 0 unspecified atom stereocenters. The predicted molar refractivity (Wildman–Crippen MR) is 81.9 cm³/mol. The van der Waals surface area contributed by atoms with E-state index in [1.54, 1.807) is 22.6 Å². The number of fused-ring (bicyclic) bond motifs is 1. The lowest BCUT2D eigenvalue weighted by atomic mass is 10.4. The standard InChI is InChI=1S/C14H15N5S/c1-15-13-11-8-16-19(2)14(11)18-12(17-13)9-20-10-6-4-3-5-7-10/h3-8H,9H2,1-2H3,(H,15,17,18). The molecule has 3 aromatic rings. The number of thioether (sulfide) groups is 1. The highest BCUT2D eigenvalue weighted by molar-refractivity contribution is 7.98. The third-order valence-corrected chi connectivity index (χ3v) is 3.99. The highest BCUT2D eigenvalue weighted by atomic mass is 32.2. The molecule has 6 heteroatoms. The minimum absolute atomic E-state index is 0.736. The molecular formula is C14H15N5S. The Kier molecular flexibility index (Phi) is 3.56. The van der Waals surface area contributed by atoms with Gasteiger partial charge in [-0.05, 0) is 12.1 Å². The SMILES string of the molecule is CNc1nc(CSc2ccccc2)nc2c1cnn2C. The fraction of sp³-hybridized carbons (Fsp3) is 0.214. The van der Waals surface area contributed by atoms with Crippen LogP contribution in [-0.4, -0.2) is 26.8 Å². The van der Waals surface area contributed by atoms with Gasteiger partial charge in [0.05, 0.1) is 17.3 Å². The van der Waals surface area contributed by atoms with Crippen LogP contribution < -0.4 is 5.32 Å². The lowest BCUT2D eigenvalue weighted by molar-refractivity contribution is 0.782. The number of aryl methyl sites for hydroxylation is 1. The molecule has 2 heterocycles. The number of rotatable bonds is 4. The van der Waals surface area contributed by atoms with Gasteiger partial charge >= 0.3 is 0 Å². The number of nitrogens with zero attached hydrogens (tertiary/aromatic N) is 4. The minimum Gasteiger partial charge on any atom is -0.372 e. The smallest absolute Gasteiger partial charge is 0.163 e. The fourth-order valence-corrected chi connectivity index (χ4v) is 2.76. The van der Waals surface area contributed by atoms with E-state index < -0.39 is 0 Å². The summed E-state index contributed by atoms with van der Waals surface area (Å²) in [5, 5.41) is 8.29. The summed E-state index contributed by atoms with van der Waals surface area (Å²) in [5.74, 6) is 2.37. The van der Waals surface area contributed by atoms with Crippen molar-refractivity contribution in [1.82, 2.24) is 19.7 Å². The van der Waals surface area contributed by atoms with E-state index in [-0.39, 0.29) is 0 Å². The average Bonchev–Trinajstić information content (AvgIpc) is 2.87. The summed E-state index contributed by atoms with van der Waals surface area (Å²) in [6.45, 7) is 0. The number of anilines is 1. The molecule has 0 aliphatic carbocycles. The second-order valence-corrected chi connectivity index (χ2v) is 5.39. The molecule has 3 rings (SSSR count). The topological polar surface area (TPSA) is 55.6 Å². The largest absolute Gasteiger partial charge is 0.372 e. The van der Waals surface area contributed by atoms with E-state index in [2.05, 4.69) is 32.5 Å². The molecular weight excluding hydrogens is 270 g/mol. The van der Waals surface area contributed by atoms with Crippen molar-refractivity contribution in [2.24, 2.45) is 7.05 Å². The highest BCUT2D eigenvalue weighted by Crippen LogP contribution is 2.24. The van der Waals surface area contributed by atoms with Gasteiger partial charge in [0.15, 0.2) is 5.65 Å². The summed E-state index contributed by atoms with van der Waals surface area (Å²) in [6.07, 6.45) is 1.79. The molecule has 2 aromatic heterocycles. The maximum Gasteiger partial charge on any atom is 0.163 e. The maximum absolute atomic E-state index is 4.59. The van der Waals surface area contributed by atoms with Crippen molar-refractivity contribution in [2.45, 2.75) is 10.6 Å². The van der Waals surface area contributed by atoms with Gasteiger partial charge in [0.2, 0.25) is 0 Å². The highest BCUT2D eigenvalue weighted by Gasteiger charge is 2.10. The molecule has 0 fully saturated rings. The van der Waals surface area contributed by atoms with Crippen molar-refractivity contribution in [1.29, 1.82) is 0 Å². The molecule has 20 heavy (non-hydrogen) atoms. The Morgan fingerprint density at radius 3 is 2.75 bits per heavy atom. The van der Waals surface area contributed by atoms with Gasteiger partial charge in [-0.1, -0.05) is 18.2 Å². The molecule has 102 valence electrons. The molecule has 0 saturated carbocycles. The predicted octanol–water partition coefficient (Wildman–Crippen LogP) is 2.70. The zero-order chi connectivity index (χ0) is 13.9. The zero-order valence-electron chi connectivity index (χ0n) is 11.4. The molecule has 0 spiro atoms. The van der Waals surface area contributed by atoms with Crippen LogP contribution >= 0.6 is 11.8 Å². The lowest BCUT2D eigenvalue weighted by Gasteiger charge is -2.06. The molecule has 0 amide bonds. The first-order valence-corrected chi connectivity index (χ1v) is 7.30. The van der Waals surface area contributed by atoms with Crippen molar-refractivity contribution in [2.75, 3.05) is 12.4 Å². The van der Waals surface area contributed by atoms with E-state index in [1.807, 2.05) is 32.3 Å². The maximum atomic E-state index is 4.59. The molecule has 1 aromatic carbocycles. The van der Waals surface area contributed by atoms with Gasteiger partial charge in [-0.25, -0.2) is 9.97 Å². The van der Waals surface area contributed by atoms with E-state index in [9.17, 15) is 0 Å². The Morgan fingerprint density at radius 2 is 2.00 bits per heavy atom. The first kappa shape index (κ1) is 12.9. The Morgan fingerprint density at radius 1 is 1.20 bits per heavy atom. The molecule has 0 aliphatic rings. The third-order valence-electron chi connectivity index (χ3n) is 2.99. The summed E-state index contributed by atoms with van der Waals surface area (Å²) in [7, 11) is 3.76. The van der Waals surface area contributed by atoms with Crippen molar-refractivity contribution in [3.8, 4) is 0 Å². The van der Waals surface area contributed by atoms with Gasteiger partial charge in [-0.3, -0.25) is 4.68 Å². The first-order chi connectivity index (χ1) is 9.78.